The van der Waals surface area contributed by atoms with Crippen LogP contribution in [0, 0.1) is 0 Å². The fraction of sp³-hybridized carbons (Fsp3) is 0.417. The van der Waals surface area contributed by atoms with Gasteiger partial charge in [-0.3, -0.25) is 4.98 Å². The van der Waals surface area contributed by atoms with Crippen molar-refractivity contribution in [3.8, 4) is 0 Å². The van der Waals surface area contributed by atoms with Crippen LogP contribution in [0.3, 0.4) is 0 Å². The molecule has 0 fully saturated rings. The molecule has 2 N–H and O–H groups in total. The van der Waals surface area contributed by atoms with Gasteiger partial charge in [-0.15, -0.1) is 0 Å². The molecule has 0 saturated carbocycles. The van der Waals surface area contributed by atoms with Crippen molar-refractivity contribution < 1.29 is 0 Å². The van der Waals surface area contributed by atoms with E-state index in [1.807, 2.05) is 18.2 Å². The molecule has 1 aromatic heterocycles. The summed E-state index contributed by atoms with van der Waals surface area (Å²) in [6.45, 7) is 6.06. The molecule has 0 aliphatic heterocycles. The maximum Gasteiger partial charge on any atom is 0.0419 e. The van der Waals surface area contributed by atoms with Crippen LogP contribution in [-0.4, -0.2) is 11.0 Å². The highest BCUT2D eigenvalue weighted by molar-refractivity contribution is 5.07. The molecule has 14 heavy (non-hydrogen) atoms. The lowest BCUT2D eigenvalue weighted by Gasteiger charge is -2.11. The van der Waals surface area contributed by atoms with Gasteiger partial charge in [0.25, 0.3) is 0 Å². The van der Waals surface area contributed by atoms with Crippen molar-refractivity contribution in [3.63, 3.8) is 0 Å². The normalized spacial score (nSPS) is 12.4. The number of hydrogen-bond donors (Lipinski definition) is 1. The molecule has 76 valence electrons. The molecule has 2 nitrogen and oxygen atoms in total. The van der Waals surface area contributed by atoms with E-state index in [0.29, 0.717) is 0 Å². The molecule has 0 aliphatic rings. The highest BCUT2D eigenvalue weighted by Gasteiger charge is 2.05. The quantitative estimate of drug-likeness (QED) is 0.724. The van der Waals surface area contributed by atoms with Crippen molar-refractivity contribution in [1.82, 2.24) is 4.98 Å². The molecule has 0 amide bonds. The highest BCUT2D eigenvalue weighted by Crippen LogP contribution is 2.08. The van der Waals surface area contributed by atoms with Gasteiger partial charge >= 0.3 is 0 Å². The van der Waals surface area contributed by atoms with Crippen LogP contribution in [0.15, 0.2) is 36.5 Å². The van der Waals surface area contributed by atoms with Crippen LogP contribution in [-0.2, 0) is 6.42 Å². The van der Waals surface area contributed by atoms with Gasteiger partial charge in [0, 0.05) is 24.4 Å². The van der Waals surface area contributed by atoms with E-state index in [-0.39, 0.29) is 6.04 Å². The summed E-state index contributed by atoms with van der Waals surface area (Å²) in [5.74, 6) is 0. The van der Waals surface area contributed by atoms with E-state index in [0.717, 1.165) is 25.0 Å². The lowest BCUT2D eigenvalue weighted by atomic mass is 10.0. The Bertz CT molecular complexity index is 280. The molecule has 0 aromatic carbocycles. The minimum atomic E-state index is 0.150. The van der Waals surface area contributed by atoms with Crippen molar-refractivity contribution in [2.24, 2.45) is 5.73 Å². The summed E-state index contributed by atoms with van der Waals surface area (Å²) in [5.41, 5.74) is 8.26. The molecule has 1 rings (SSSR count). The largest absolute Gasteiger partial charge is 0.327 e. The predicted molar refractivity (Wildman–Crippen MR) is 60.0 cm³/mol. The molecule has 1 unspecified atom stereocenters. The number of pyridine rings is 1. The van der Waals surface area contributed by atoms with Gasteiger partial charge in [0.2, 0.25) is 0 Å². The first-order valence-corrected chi connectivity index (χ1v) is 5.04. The maximum absolute atomic E-state index is 5.98. The summed E-state index contributed by atoms with van der Waals surface area (Å²) in [4.78, 5) is 4.24. The van der Waals surface area contributed by atoms with Gasteiger partial charge in [-0.05, 0) is 25.0 Å². The van der Waals surface area contributed by atoms with Crippen LogP contribution < -0.4 is 5.73 Å². The molecule has 1 atom stereocenters. The maximum atomic E-state index is 5.98. The Hall–Kier alpha value is -1.15. The minimum Gasteiger partial charge on any atom is -0.327 e. The number of hydrogen-bond acceptors (Lipinski definition) is 2. The third-order valence-corrected chi connectivity index (χ3v) is 2.25. The minimum absolute atomic E-state index is 0.150. The summed E-state index contributed by atoms with van der Waals surface area (Å²) < 4.78 is 0. The molecule has 0 aliphatic carbocycles. The molecule has 1 aromatic rings. The second kappa shape index (κ2) is 5.55. The number of aromatic nitrogens is 1. The Morgan fingerprint density at radius 2 is 2.36 bits per heavy atom. The Morgan fingerprint density at radius 1 is 1.57 bits per heavy atom. The molecule has 0 radical (unpaired) electrons. The second-order valence-corrected chi connectivity index (χ2v) is 3.59. The van der Waals surface area contributed by atoms with Crippen molar-refractivity contribution in [2.75, 3.05) is 0 Å². The third-order valence-electron chi connectivity index (χ3n) is 2.25. The van der Waals surface area contributed by atoms with E-state index in [9.17, 15) is 0 Å². The van der Waals surface area contributed by atoms with E-state index in [1.54, 1.807) is 6.20 Å². The fourth-order valence-corrected chi connectivity index (χ4v) is 1.37. The Morgan fingerprint density at radius 3 is 2.93 bits per heavy atom. The molecule has 0 bridgehead atoms. The van der Waals surface area contributed by atoms with Gasteiger partial charge in [-0.1, -0.05) is 25.1 Å². The van der Waals surface area contributed by atoms with E-state index >= 15 is 0 Å². The summed E-state index contributed by atoms with van der Waals surface area (Å²) >= 11 is 0. The van der Waals surface area contributed by atoms with Crippen LogP contribution in [0.2, 0.25) is 0 Å². The second-order valence-electron chi connectivity index (χ2n) is 3.59. The Labute approximate surface area is 85.9 Å². The molecule has 0 saturated heterocycles. The average Bonchev–Trinajstić information content (AvgIpc) is 2.19. The van der Waals surface area contributed by atoms with Crippen LogP contribution >= 0.6 is 0 Å². The summed E-state index contributed by atoms with van der Waals surface area (Å²) in [7, 11) is 0. The summed E-state index contributed by atoms with van der Waals surface area (Å²) in [6.07, 6.45) is 4.54. The number of nitrogens with two attached hydrogens (primary N) is 1. The number of nitrogens with zero attached hydrogens (tertiary/aromatic N) is 1. The first-order chi connectivity index (χ1) is 6.72. The first-order valence-electron chi connectivity index (χ1n) is 5.04. The average molecular weight is 190 g/mol. The highest BCUT2D eigenvalue weighted by atomic mass is 14.7. The van der Waals surface area contributed by atoms with Gasteiger partial charge in [0.05, 0.1) is 0 Å². The SMILES string of the molecule is C=C(CC)CC(N)Cc1ccccn1. The zero-order valence-electron chi connectivity index (χ0n) is 8.74. The van der Waals surface area contributed by atoms with Crippen LogP contribution in [0.25, 0.3) is 0 Å². The topological polar surface area (TPSA) is 38.9 Å². The molecular formula is C12H18N2. The number of rotatable bonds is 5. The van der Waals surface area contributed by atoms with E-state index in [1.165, 1.54) is 5.57 Å². The van der Waals surface area contributed by atoms with Crippen molar-refractivity contribution in [2.45, 2.75) is 32.2 Å². The first kappa shape index (κ1) is 10.9. The van der Waals surface area contributed by atoms with Crippen molar-refractivity contribution in [1.29, 1.82) is 0 Å². The van der Waals surface area contributed by atoms with Crippen molar-refractivity contribution >= 4 is 0 Å². The van der Waals surface area contributed by atoms with Crippen molar-refractivity contribution in [3.05, 3.63) is 42.2 Å². The fourth-order valence-electron chi connectivity index (χ4n) is 1.37. The lowest BCUT2D eigenvalue weighted by Crippen LogP contribution is -2.23. The van der Waals surface area contributed by atoms with Crippen LogP contribution in [0.4, 0.5) is 0 Å². The van der Waals surface area contributed by atoms with Gasteiger partial charge in [0.15, 0.2) is 0 Å². The van der Waals surface area contributed by atoms with E-state index in [4.69, 9.17) is 5.73 Å². The van der Waals surface area contributed by atoms with Crippen LogP contribution in [0.5, 0.6) is 0 Å². The zero-order valence-corrected chi connectivity index (χ0v) is 8.74. The van der Waals surface area contributed by atoms with Gasteiger partial charge in [-0.2, -0.15) is 0 Å². The molecular weight excluding hydrogens is 172 g/mol. The van der Waals surface area contributed by atoms with E-state index in [2.05, 4.69) is 18.5 Å². The zero-order chi connectivity index (χ0) is 10.4. The monoisotopic (exact) mass is 190 g/mol. The summed E-state index contributed by atoms with van der Waals surface area (Å²) in [6, 6.07) is 6.07. The standard InChI is InChI=1S/C12H18N2/c1-3-10(2)8-11(13)9-12-6-4-5-7-14-12/h4-7,11H,2-3,8-9,13H2,1H3. The third kappa shape index (κ3) is 3.71. The summed E-state index contributed by atoms with van der Waals surface area (Å²) in [5, 5.41) is 0. The molecule has 1 heterocycles. The molecule has 2 heteroatoms. The van der Waals surface area contributed by atoms with Crippen LogP contribution in [0.1, 0.15) is 25.5 Å². The predicted octanol–water partition coefficient (Wildman–Crippen LogP) is 2.31. The lowest BCUT2D eigenvalue weighted by molar-refractivity contribution is 0.641. The van der Waals surface area contributed by atoms with Gasteiger partial charge in [-0.25, -0.2) is 0 Å². The van der Waals surface area contributed by atoms with Gasteiger partial charge < -0.3 is 5.73 Å². The molecule has 0 spiro atoms. The Kier molecular flexibility index (Phi) is 4.33. The smallest absolute Gasteiger partial charge is 0.0419 e. The van der Waals surface area contributed by atoms with Gasteiger partial charge in [0.1, 0.15) is 0 Å². The van der Waals surface area contributed by atoms with E-state index < -0.39 is 0 Å². The Balaban J connectivity index is 2.41.